The molecule has 0 atom stereocenters. The second-order valence-corrected chi connectivity index (χ2v) is 4.97. The number of carbonyl (C=O) groups is 1. The van der Waals surface area contributed by atoms with E-state index in [9.17, 15) is 4.79 Å². The predicted molar refractivity (Wildman–Crippen MR) is 77.7 cm³/mol. The third-order valence-electron chi connectivity index (χ3n) is 2.72. The molecule has 0 unspecified atom stereocenters. The zero-order valence-corrected chi connectivity index (χ0v) is 11.9. The number of aldehydes is 1. The van der Waals surface area contributed by atoms with Crippen LogP contribution in [0, 0.1) is 0 Å². The minimum absolute atomic E-state index is 0.428. The lowest BCUT2D eigenvalue weighted by molar-refractivity contribution is 0.112. The number of aromatic nitrogens is 4. The van der Waals surface area contributed by atoms with Gasteiger partial charge in [0.25, 0.3) is 0 Å². The lowest BCUT2D eigenvalue weighted by Gasteiger charge is -1.99. The zero-order chi connectivity index (χ0) is 13.9. The summed E-state index contributed by atoms with van der Waals surface area (Å²) >= 11 is 3.41. The largest absolute Gasteiger partial charge is 0.298 e. The Balaban J connectivity index is 2.13. The smallest absolute Gasteiger partial charge is 0.250 e. The fraction of sp³-hybridized carbons (Fsp3) is 0. The Labute approximate surface area is 123 Å². The van der Waals surface area contributed by atoms with Crippen molar-refractivity contribution in [2.24, 2.45) is 0 Å². The molecule has 0 aliphatic rings. The van der Waals surface area contributed by atoms with Gasteiger partial charge < -0.3 is 0 Å². The van der Waals surface area contributed by atoms with Crippen LogP contribution < -0.4 is 0 Å². The van der Waals surface area contributed by atoms with Gasteiger partial charge in [0.15, 0.2) is 6.29 Å². The standard InChI is InChI=1S/C14H9BrN4O/c15-12-4-1-3-10(7-12)13-11(9-20)8-19(18-13)14-16-5-2-6-17-14/h1-9H. The van der Waals surface area contributed by atoms with Crippen molar-refractivity contribution >= 4 is 22.2 Å². The van der Waals surface area contributed by atoms with Crippen molar-refractivity contribution in [3.05, 3.63) is 59.0 Å². The van der Waals surface area contributed by atoms with Crippen molar-refractivity contribution in [2.45, 2.75) is 0 Å². The summed E-state index contributed by atoms with van der Waals surface area (Å²) in [6.07, 6.45) is 5.66. The molecule has 0 fully saturated rings. The van der Waals surface area contributed by atoms with Crippen LogP contribution in [-0.2, 0) is 0 Å². The number of halogens is 1. The Morgan fingerprint density at radius 2 is 1.95 bits per heavy atom. The van der Waals surface area contributed by atoms with E-state index in [0.29, 0.717) is 17.2 Å². The van der Waals surface area contributed by atoms with Gasteiger partial charge in [-0.3, -0.25) is 4.79 Å². The molecule has 2 aromatic heterocycles. The molecular formula is C14H9BrN4O. The monoisotopic (exact) mass is 328 g/mol. The van der Waals surface area contributed by atoms with Crippen LogP contribution >= 0.6 is 15.9 Å². The Hall–Kier alpha value is -2.34. The molecule has 0 N–H and O–H groups in total. The van der Waals surface area contributed by atoms with Gasteiger partial charge >= 0.3 is 0 Å². The van der Waals surface area contributed by atoms with Crippen molar-refractivity contribution in [2.75, 3.05) is 0 Å². The first-order valence-electron chi connectivity index (χ1n) is 5.86. The second kappa shape index (κ2) is 5.34. The third kappa shape index (κ3) is 2.37. The number of rotatable bonds is 3. The highest BCUT2D eigenvalue weighted by atomic mass is 79.9. The molecular weight excluding hydrogens is 320 g/mol. The SMILES string of the molecule is O=Cc1cn(-c2ncccn2)nc1-c1cccc(Br)c1. The summed E-state index contributed by atoms with van der Waals surface area (Å²) < 4.78 is 2.43. The maximum atomic E-state index is 11.2. The Bertz CT molecular complexity index is 755. The average Bonchev–Trinajstić information content (AvgIpc) is 2.92. The first-order chi connectivity index (χ1) is 9.78. The summed E-state index contributed by atoms with van der Waals surface area (Å²) in [6.45, 7) is 0. The fourth-order valence-electron chi connectivity index (χ4n) is 1.85. The molecule has 98 valence electrons. The first-order valence-corrected chi connectivity index (χ1v) is 6.65. The normalized spacial score (nSPS) is 10.4. The van der Waals surface area contributed by atoms with Crippen LogP contribution in [0.2, 0.25) is 0 Å². The van der Waals surface area contributed by atoms with E-state index >= 15 is 0 Å². The minimum atomic E-state index is 0.428. The van der Waals surface area contributed by atoms with Crippen LogP contribution in [0.15, 0.2) is 53.4 Å². The van der Waals surface area contributed by atoms with E-state index < -0.39 is 0 Å². The molecule has 20 heavy (non-hydrogen) atoms. The van der Waals surface area contributed by atoms with E-state index in [-0.39, 0.29) is 0 Å². The summed E-state index contributed by atoms with van der Waals surface area (Å²) in [5, 5.41) is 4.40. The number of nitrogens with zero attached hydrogens (tertiary/aromatic N) is 4. The quantitative estimate of drug-likeness (QED) is 0.693. The fourth-order valence-corrected chi connectivity index (χ4v) is 2.24. The molecule has 0 bridgehead atoms. The Morgan fingerprint density at radius 3 is 2.65 bits per heavy atom. The number of hydrogen-bond donors (Lipinski definition) is 0. The highest BCUT2D eigenvalue weighted by Crippen LogP contribution is 2.24. The Morgan fingerprint density at radius 1 is 1.15 bits per heavy atom. The van der Waals surface area contributed by atoms with Crippen LogP contribution in [0.4, 0.5) is 0 Å². The maximum absolute atomic E-state index is 11.2. The van der Waals surface area contributed by atoms with Gasteiger partial charge in [0, 0.05) is 28.6 Å². The van der Waals surface area contributed by atoms with Crippen LogP contribution in [0.25, 0.3) is 17.2 Å². The van der Waals surface area contributed by atoms with Crippen LogP contribution in [0.5, 0.6) is 0 Å². The maximum Gasteiger partial charge on any atom is 0.250 e. The number of hydrogen-bond acceptors (Lipinski definition) is 4. The molecule has 1 aromatic carbocycles. The second-order valence-electron chi connectivity index (χ2n) is 4.05. The van der Waals surface area contributed by atoms with E-state index in [0.717, 1.165) is 16.3 Å². The van der Waals surface area contributed by atoms with E-state index in [1.807, 2.05) is 24.3 Å². The molecule has 0 amide bonds. The molecule has 2 heterocycles. The Kier molecular flexibility index (Phi) is 3.39. The first kappa shape index (κ1) is 12.7. The van der Waals surface area contributed by atoms with Crippen molar-refractivity contribution in [3.8, 4) is 17.2 Å². The van der Waals surface area contributed by atoms with Crippen LogP contribution in [-0.4, -0.2) is 26.0 Å². The zero-order valence-electron chi connectivity index (χ0n) is 10.3. The number of carbonyl (C=O) groups excluding carboxylic acids is 1. The molecule has 3 aromatic rings. The van der Waals surface area contributed by atoms with E-state index in [2.05, 4.69) is 31.0 Å². The van der Waals surface area contributed by atoms with Gasteiger partial charge in [-0.1, -0.05) is 28.1 Å². The molecule has 0 saturated carbocycles. The van der Waals surface area contributed by atoms with E-state index in [1.54, 1.807) is 24.7 Å². The van der Waals surface area contributed by atoms with Crippen molar-refractivity contribution in [1.29, 1.82) is 0 Å². The molecule has 0 radical (unpaired) electrons. The van der Waals surface area contributed by atoms with Gasteiger partial charge in [-0.15, -0.1) is 0 Å². The number of benzene rings is 1. The molecule has 5 nitrogen and oxygen atoms in total. The highest BCUT2D eigenvalue weighted by molar-refractivity contribution is 9.10. The lowest BCUT2D eigenvalue weighted by Crippen LogP contribution is -2.00. The van der Waals surface area contributed by atoms with E-state index in [4.69, 9.17) is 0 Å². The summed E-state index contributed by atoms with van der Waals surface area (Å²) in [5.41, 5.74) is 1.96. The van der Waals surface area contributed by atoms with Crippen molar-refractivity contribution < 1.29 is 4.79 Å². The van der Waals surface area contributed by atoms with Gasteiger partial charge in [0.2, 0.25) is 5.95 Å². The summed E-state index contributed by atoms with van der Waals surface area (Å²) in [7, 11) is 0. The molecule has 6 heteroatoms. The topological polar surface area (TPSA) is 60.7 Å². The minimum Gasteiger partial charge on any atom is -0.298 e. The molecule has 0 aliphatic carbocycles. The molecule has 0 aliphatic heterocycles. The summed E-state index contributed by atoms with van der Waals surface area (Å²) in [4.78, 5) is 19.5. The third-order valence-corrected chi connectivity index (χ3v) is 3.22. The lowest BCUT2D eigenvalue weighted by atomic mass is 10.1. The highest BCUT2D eigenvalue weighted by Gasteiger charge is 2.12. The van der Waals surface area contributed by atoms with Gasteiger partial charge in [0.1, 0.15) is 5.69 Å². The molecule has 0 saturated heterocycles. The molecule has 3 rings (SSSR count). The summed E-state index contributed by atoms with van der Waals surface area (Å²) in [6, 6.07) is 9.35. The predicted octanol–water partition coefficient (Wildman–Crippen LogP) is 2.90. The van der Waals surface area contributed by atoms with Crippen molar-refractivity contribution in [1.82, 2.24) is 19.7 Å². The van der Waals surface area contributed by atoms with Gasteiger partial charge in [0.05, 0.1) is 5.56 Å². The summed E-state index contributed by atoms with van der Waals surface area (Å²) in [5.74, 6) is 0.428. The van der Waals surface area contributed by atoms with Gasteiger partial charge in [-0.25, -0.2) is 14.6 Å². The van der Waals surface area contributed by atoms with Gasteiger partial charge in [-0.05, 0) is 18.2 Å². The van der Waals surface area contributed by atoms with Gasteiger partial charge in [-0.2, -0.15) is 5.10 Å². The molecule has 0 spiro atoms. The average molecular weight is 329 g/mol. The van der Waals surface area contributed by atoms with Crippen LogP contribution in [0.3, 0.4) is 0 Å². The van der Waals surface area contributed by atoms with E-state index in [1.165, 1.54) is 4.68 Å². The van der Waals surface area contributed by atoms with Crippen LogP contribution in [0.1, 0.15) is 10.4 Å². The van der Waals surface area contributed by atoms with Crippen molar-refractivity contribution in [3.63, 3.8) is 0 Å².